The van der Waals surface area contributed by atoms with E-state index in [4.69, 9.17) is 4.42 Å². The first-order chi connectivity index (χ1) is 11.5. The van der Waals surface area contributed by atoms with Gasteiger partial charge in [0.05, 0.1) is 23.8 Å². The summed E-state index contributed by atoms with van der Waals surface area (Å²) >= 11 is 1.71. The number of nitro groups is 1. The van der Waals surface area contributed by atoms with E-state index >= 15 is 0 Å². The molecule has 0 saturated carbocycles. The van der Waals surface area contributed by atoms with Crippen LogP contribution >= 0.6 is 11.8 Å². The molecule has 0 radical (unpaired) electrons. The average Bonchev–Trinajstić information content (AvgIpc) is 2.93. The fourth-order valence-corrected chi connectivity index (χ4v) is 2.56. The van der Waals surface area contributed by atoms with Crippen molar-refractivity contribution in [1.29, 1.82) is 0 Å². The molecule has 1 aromatic heterocycles. The van der Waals surface area contributed by atoms with Crippen LogP contribution in [0.4, 0.5) is 0 Å². The third-order valence-electron chi connectivity index (χ3n) is 2.77. The van der Waals surface area contributed by atoms with E-state index in [2.05, 4.69) is 27.4 Å². The third kappa shape index (κ3) is 9.12. The molecule has 7 nitrogen and oxygen atoms in total. The summed E-state index contributed by atoms with van der Waals surface area (Å²) in [6.45, 7) is 3.49. The van der Waals surface area contributed by atoms with E-state index in [9.17, 15) is 10.1 Å². The van der Waals surface area contributed by atoms with E-state index in [1.165, 1.54) is 0 Å². The Kier molecular flexibility index (Phi) is 9.49. The minimum atomic E-state index is -0.489. The summed E-state index contributed by atoms with van der Waals surface area (Å²) < 4.78 is 5.73. The topological polar surface area (TPSA) is 83.6 Å². The quantitative estimate of drug-likeness (QED) is 0.272. The Labute approximate surface area is 147 Å². The number of hydrogen-bond acceptors (Lipinski definition) is 7. The Morgan fingerprint density at radius 1 is 1.42 bits per heavy atom. The van der Waals surface area contributed by atoms with Crippen molar-refractivity contribution in [1.82, 2.24) is 15.5 Å². The highest BCUT2D eigenvalue weighted by Crippen LogP contribution is 2.15. The van der Waals surface area contributed by atoms with Gasteiger partial charge in [-0.15, -0.1) is 5.92 Å². The van der Waals surface area contributed by atoms with Gasteiger partial charge < -0.3 is 20.0 Å². The van der Waals surface area contributed by atoms with Crippen molar-refractivity contribution in [3.05, 3.63) is 45.8 Å². The van der Waals surface area contributed by atoms with Crippen LogP contribution in [0.2, 0.25) is 0 Å². The van der Waals surface area contributed by atoms with Crippen molar-refractivity contribution in [3.8, 4) is 11.8 Å². The van der Waals surface area contributed by atoms with Crippen LogP contribution in [-0.2, 0) is 12.3 Å². The standard InChI is InChI=1S/C16H24N4O3S/c1-4-5-8-17-16(12-20(21)22)18-9-10-24-13-15-7-6-14(23-15)11-19(2)3/h6-7,12,17-18H,8-11,13H2,1-3H3/b16-12-. The SMILES string of the molecule is CC#CCN/C(=C/[N+](=O)[O-])NCCSCc1ccc(CN(C)C)o1. The molecule has 1 rings (SSSR count). The molecule has 1 heterocycles. The van der Waals surface area contributed by atoms with Gasteiger partial charge in [0, 0.05) is 12.3 Å². The molecule has 0 atom stereocenters. The third-order valence-corrected chi connectivity index (χ3v) is 3.76. The monoisotopic (exact) mass is 352 g/mol. The molecule has 1 aromatic rings. The lowest BCUT2D eigenvalue weighted by molar-refractivity contribution is -0.404. The molecular formula is C16H24N4O3S. The van der Waals surface area contributed by atoms with E-state index in [1.807, 2.05) is 26.2 Å². The summed E-state index contributed by atoms with van der Waals surface area (Å²) in [7, 11) is 4.00. The van der Waals surface area contributed by atoms with Crippen LogP contribution in [0.25, 0.3) is 0 Å². The molecule has 8 heteroatoms. The summed E-state index contributed by atoms with van der Waals surface area (Å²) in [6, 6.07) is 3.98. The second-order valence-corrected chi connectivity index (χ2v) is 6.30. The van der Waals surface area contributed by atoms with Crippen LogP contribution in [0.3, 0.4) is 0 Å². The first kappa shape index (κ1) is 19.9. The van der Waals surface area contributed by atoms with Crippen LogP contribution in [0.15, 0.2) is 28.6 Å². The predicted molar refractivity (Wildman–Crippen MR) is 96.8 cm³/mol. The van der Waals surface area contributed by atoms with E-state index in [1.54, 1.807) is 18.7 Å². The maximum Gasteiger partial charge on any atom is 0.274 e. The van der Waals surface area contributed by atoms with E-state index in [0.717, 1.165) is 35.8 Å². The minimum Gasteiger partial charge on any atom is -0.464 e. The fraction of sp³-hybridized carbons (Fsp3) is 0.500. The van der Waals surface area contributed by atoms with Crippen LogP contribution in [0.5, 0.6) is 0 Å². The molecule has 0 aliphatic carbocycles. The van der Waals surface area contributed by atoms with Crippen molar-refractivity contribution in [3.63, 3.8) is 0 Å². The summed E-state index contributed by atoms with van der Waals surface area (Å²) in [5.74, 6) is 9.38. The number of furan rings is 1. The largest absolute Gasteiger partial charge is 0.464 e. The van der Waals surface area contributed by atoms with E-state index < -0.39 is 4.92 Å². The highest BCUT2D eigenvalue weighted by atomic mass is 32.2. The van der Waals surface area contributed by atoms with Gasteiger partial charge in [-0.3, -0.25) is 10.1 Å². The molecular weight excluding hydrogens is 328 g/mol. The lowest BCUT2D eigenvalue weighted by atomic mass is 10.4. The molecule has 0 saturated heterocycles. The van der Waals surface area contributed by atoms with Crippen LogP contribution < -0.4 is 10.6 Å². The van der Waals surface area contributed by atoms with Gasteiger partial charge >= 0.3 is 0 Å². The number of rotatable bonds is 11. The van der Waals surface area contributed by atoms with Gasteiger partial charge in [0.25, 0.3) is 6.20 Å². The van der Waals surface area contributed by atoms with Crippen molar-refractivity contribution in [2.75, 3.05) is 32.9 Å². The molecule has 0 unspecified atom stereocenters. The first-order valence-electron chi connectivity index (χ1n) is 7.54. The molecule has 0 aromatic carbocycles. The fourth-order valence-electron chi connectivity index (χ4n) is 1.81. The molecule has 0 bridgehead atoms. The first-order valence-corrected chi connectivity index (χ1v) is 8.69. The van der Waals surface area contributed by atoms with Gasteiger partial charge in [0.1, 0.15) is 11.5 Å². The molecule has 0 aliphatic heterocycles. The Morgan fingerprint density at radius 2 is 2.17 bits per heavy atom. The molecule has 0 amide bonds. The van der Waals surface area contributed by atoms with Crippen molar-refractivity contribution in [2.24, 2.45) is 0 Å². The number of nitrogens with zero attached hydrogens (tertiary/aromatic N) is 2. The van der Waals surface area contributed by atoms with E-state index in [0.29, 0.717) is 18.9 Å². The Hall–Kier alpha value is -2.11. The lowest BCUT2D eigenvalue weighted by Crippen LogP contribution is -2.29. The molecule has 24 heavy (non-hydrogen) atoms. The number of hydrogen-bond donors (Lipinski definition) is 2. The summed E-state index contributed by atoms with van der Waals surface area (Å²) in [5.41, 5.74) is 0. The zero-order valence-corrected chi connectivity index (χ0v) is 15.1. The minimum absolute atomic E-state index is 0.370. The average molecular weight is 352 g/mol. The Bertz CT molecular complexity index is 602. The summed E-state index contributed by atoms with van der Waals surface area (Å²) in [5, 5.41) is 16.5. The Morgan fingerprint density at radius 3 is 2.83 bits per heavy atom. The second-order valence-electron chi connectivity index (χ2n) is 5.19. The van der Waals surface area contributed by atoms with Crippen molar-refractivity contribution in [2.45, 2.75) is 19.2 Å². The number of nitrogens with one attached hydrogen (secondary N) is 2. The number of thioether (sulfide) groups is 1. The lowest BCUT2D eigenvalue weighted by Gasteiger charge is -2.09. The highest BCUT2D eigenvalue weighted by Gasteiger charge is 2.04. The van der Waals surface area contributed by atoms with Crippen molar-refractivity contribution < 1.29 is 9.34 Å². The van der Waals surface area contributed by atoms with Gasteiger partial charge in [-0.2, -0.15) is 11.8 Å². The summed E-state index contributed by atoms with van der Waals surface area (Å²) in [6.07, 6.45) is 0.919. The predicted octanol–water partition coefficient (Wildman–Crippen LogP) is 1.85. The molecule has 132 valence electrons. The van der Waals surface area contributed by atoms with Gasteiger partial charge in [0.15, 0.2) is 5.82 Å². The van der Waals surface area contributed by atoms with Gasteiger partial charge in [-0.1, -0.05) is 5.92 Å². The normalized spacial score (nSPS) is 11.1. The molecule has 0 spiro atoms. The van der Waals surface area contributed by atoms with E-state index in [-0.39, 0.29) is 0 Å². The van der Waals surface area contributed by atoms with Gasteiger partial charge in [0.2, 0.25) is 0 Å². The smallest absolute Gasteiger partial charge is 0.274 e. The van der Waals surface area contributed by atoms with Crippen LogP contribution in [0.1, 0.15) is 18.4 Å². The maximum atomic E-state index is 10.6. The Balaban J connectivity index is 2.28. The van der Waals surface area contributed by atoms with Gasteiger partial charge in [-0.25, -0.2) is 0 Å². The second kappa shape index (κ2) is 11.4. The summed E-state index contributed by atoms with van der Waals surface area (Å²) in [4.78, 5) is 12.2. The highest BCUT2D eigenvalue weighted by molar-refractivity contribution is 7.98. The molecule has 0 fully saturated rings. The van der Waals surface area contributed by atoms with Crippen LogP contribution in [-0.4, -0.2) is 42.8 Å². The molecule has 0 aliphatic rings. The zero-order chi connectivity index (χ0) is 17.8. The van der Waals surface area contributed by atoms with Gasteiger partial charge in [-0.05, 0) is 33.2 Å². The van der Waals surface area contributed by atoms with Crippen LogP contribution in [0, 0.1) is 22.0 Å². The van der Waals surface area contributed by atoms with Crippen molar-refractivity contribution >= 4 is 11.8 Å². The maximum absolute atomic E-state index is 10.6. The zero-order valence-electron chi connectivity index (χ0n) is 14.3. The molecule has 2 N–H and O–H groups in total.